The SMILES string of the molecule is CC.CC.CC.CC.CC.CC.CC.CC.CC.CC.CC(C)C1CC(C(C)C)C1.CC(C)CC(O)C(C)C.CC(C)CC1(C(C)C)CC1.CC(C)CC1(C(C)C)COC1.COC(CC(C)C)C(C)C. The first-order valence-electron chi connectivity index (χ1n) is 31.6. The highest BCUT2D eigenvalue weighted by molar-refractivity contribution is 4.95. The van der Waals surface area contributed by atoms with Crippen molar-refractivity contribution in [3.8, 4) is 0 Å². The molecule has 444 valence electrons. The molecule has 3 heteroatoms. The standard InChI is InChI=1S/C10H20O.2C10H20.C9H20O.C8H18O.10C2H6/c1-8(2)5-10(9(3)4)6-11-7-10;1-7(2)9-5-10(6-9)8(3)4;1-8(2)7-10(5-6-10)9(3)4;1-7(2)6-9(10-5)8(3)4;1-6(2)5-8(9)7(3)4;10*1-2/h8-9H,5-7H2,1-4H3;7-10H,5-6H2,1-4H3;8-9H,5-7H2,1-4H3;7-9H,6H2,1-5H3;6-9H,5H2,1-4H3;10*1-2H3. The van der Waals surface area contributed by atoms with Crippen LogP contribution in [0.2, 0.25) is 0 Å². The van der Waals surface area contributed by atoms with Crippen molar-refractivity contribution in [1.82, 2.24) is 0 Å². The van der Waals surface area contributed by atoms with E-state index in [1.165, 1.54) is 44.9 Å². The van der Waals surface area contributed by atoms with Crippen LogP contribution in [0.4, 0.5) is 0 Å². The van der Waals surface area contributed by atoms with Crippen molar-refractivity contribution in [1.29, 1.82) is 0 Å². The highest BCUT2D eigenvalue weighted by Crippen LogP contribution is 2.56. The summed E-state index contributed by atoms with van der Waals surface area (Å²) in [5.41, 5.74) is 1.29. The monoisotopic (exact) mass is 1010 g/mol. The number of hydrogen-bond donors (Lipinski definition) is 1. The number of ether oxygens (including phenoxy) is 2. The van der Waals surface area contributed by atoms with Gasteiger partial charge in [-0.05, 0) is 128 Å². The zero-order valence-electron chi connectivity index (χ0n) is 58.4. The largest absolute Gasteiger partial charge is 0.393 e. The topological polar surface area (TPSA) is 38.7 Å². The molecular formula is C67H158O3. The second kappa shape index (κ2) is 73.1. The first kappa shape index (κ1) is 99.0. The van der Waals surface area contributed by atoms with E-state index in [1.807, 2.05) is 152 Å². The fourth-order valence-corrected chi connectivity index (χ4v) is 7.51. The van der Waals surface area contributed by atoms with E-state index >= 15 is 0 Å². The molecule has 2 saturated carbocycles. The molecule has 0 spiro atoms. The number of aliphatic hydroxyl groups is 1. The summed E-state index contributed by atoms with van der Waals surface area (Å²) in [5, 5.41) is 9.30. The molecular weight excluding hydrogens is 853 g/mol. The molecule has 0 aromatic carbocycles. The van der Waals surface area contributed by atoms with Crippen molar-refractivity contribution in [2.75, 3.05) is 20.3 Å². The number of methoxy groups -OCH3 is 1. The van der Waals surface area contributed by atoms with E-state index in [0.717, 1.165) is 78.3 Å². The second-order valence-corrected chi connectivity index (χ2v) is 20.8. The van der Waals surface area contributed by atoms with Crippen molar-refractivity contribution < 1.29 is 14.6 Å². The first-order valence-corrected chi connectivity index (χ1v) is 31.6. The van der Waals surface area contributed by atoms with Crippen LogP contribution in [-0.4, -0.2) is 37.6 Å². The molecule has 3 aliphatic rings. The molecule has 1 aliphatic heterocycles. The summed E-state index contributed by atoms with van der Waals surface area (Å²) in [6.45, 7) is 87.2. The maximum absolute atomic E-state index is 9.30. The van der Waals surface area contributed by atoms with Gasteiger partial charge in [0.2, 0.25) is 0 Å². The number of rotatable bonds is 15. The van der Waals surface area contributed by atoms with Gasteiger partial charge in [-0.3, -0.25) is 0 Å². The van der Waals surface area contributed by atoms with Crippen LogP contribution in [-0.2, 0) is 9.47 Å². The first-order chi connectivity index (χ1) is 32.9. The van der Waals surface area contributed by atoms with Crippen LogP contribution in [0.15, 0.2) is 0 Å². The van der Waals surface area contributed by atoms with Crippen LogP contribution in [0, 0.1) is 81.8 Å². The normalized spacial score (nSPS) is 16.3. The highest BCUT2D eigenvalue weighted by atomic mass is 16.5. The molecule has 2 atom stereocenters. The minimum atomic E-state index is -0.106. The quantitative estimate of drug-likeness (QED) is 0.178. The van der Waals surface area contributed by atoms with Crippen molar-refractivity contribution in [3.63, 3.8) is 0 Å². The molecule has 2 unspecified atom stereocenters. The van der Waals surface area contributed by atoms with Crippen LogP contribution in [0.25, 0.3) is 0 Å². The lowest BCUT2D eigenvalue weighted by Gasteiger charge is -2.46. The van der Waals surface area contributed by atoms with E-state index < -0.39 is 0 Å². The Labute approximate surface area is 455 Å². The van der Waals surface area contributed by atoms with E-state index in [1.54, 1.807) is 7.11 Å². The summed E-state index contributed by atoms with van der Waals surface area (Å²) >= 11 is 0. The molecule has 1 heterocycles. The Morgan fingerprint density at radius 3 is 0.757 bits per heavy atom. The molecule has 3 fully saturated rings. The van der Waals surface area contributed by atoms with Gasteiger partial charge in [0.25, 0.3) is 0 Å². The van der Waals surface area contributed by atoms with E-state index in [9.17, 15) is 5.11 Å². The summed E-state index contributed by atoms with van der Waals surface area (Å²) in [5.74, 6) is 9.75. The van der Waals surface area contributed by atoms with E-state index in [0.29, 0.717) is 29.3 Å². The van der Waals surface area contributed by atoms with Crippen molar-refractivity contribution in [2.45, 2.75) is 341 Å². The third kappa shape index (κ3) is 64.0. The summed E-state index contributed by atoms with van der Waals surface area (Å²) in [4.78, 5) is 0. The summed E-state index contributed by atoms with van der Waals surface area (Å²) in [6.07, 6.45) is 11.2. The van der Waals surface area contributed by atoms with Gasteiger partial charge >= 0.3 is 0 Å². The van der Waals surface area contributed by atoms with Gasteiger partial charge in [0.1, 0.15) is 0 Å². The fourth-order valence-electron chi connectivity index (χ4n) is 7.51. The Morgan fingerprint density at radius 1 is 0.400 bits per heavy atom. The zero-order chi connectivity index (χ0) is 59.6. The summed E-state index contributed by atoms with van der Waals surface area (Å²) in [7, 11) is 1.80. The van der Waals surface area contributed by atoms with Crippen LogP contribution < -0.4 is 0 Å². The van der Waals surface area contributed by atoms with Crippen LogP contribution in [0.1, 0.15) is 328 Å². The zero-order valence-corrected chi connectivity index (χ0v) is 58.4. The predicted molar refractivity (Wildman–Crippen MR) is 338 cm³/mol. The predicted octanol–water partition coefficient (Wildman–Crippen LogP) is 24.5. The minimum absolute atomic E-state index is 0.106. The lowest BCUT2D eigenvalue weighted by atomic mass is 9.65. The van der Waals surface area contributed by atoms with E-state index in [2.05, 4.69) is 125 Å². The van der Waals surface area contributed by atoms with Crippen LogP contribution in [0.3, 0.4) is 0 Å². The van der Waals surface area contributed by atoms with Crippen molar-refractivity contribution >= 4 is 0 Å². The molecule has 1 N–H and O–H groups in total. The number of aliphatic hydroxyl groups excluding tert-OH is 1. The molecule has 70 heavy (non-hydrogen) atoms. The molecule has 0 aromatic heterocycles. The van der Waals surface area contributed by atoms with Gasteiger partial charge in [-0.2, -0.15) is 0 Å². The summed E-state index contributed by atoms with van der Waals surface area (Å²) in [6, 6.07) is 0. The van der Waals surface area contributed by atoms with Gasteiger partial charge in [0.15, 0.2) is 0 Å². The average Bonchev–Trinajstić information content (AvgIpc) is 4.10. The Bertz CT molecular complexity index is 766. The third-order valence-electron chi connectivity index (χ3n) is 12.1. The smallest absolute Gasteiger partial charge is 0.0596 e. The minimum Gasteiger partial charge on any atom is -0.393 e. The fraction of sp³-hybridized carbons (Fsp3) is 1.00. The molecule has 3 rings (SSSR count). The molecule has 0 radical (unpaired) electrons. The summed E-state index contributed by atoms with van der Waals surface area (Å²) < 4.78 is 10.6. The lowest BCUT2D eigenvalue weighted by molar-refractivity contribution is -0.148. The van der Waals surface area contributed by atoms with Gasteiger partial charge in [-0.25, -0.2) is 0 Å². The van der Waals surface area contributed by atoms with Crippen LogP contribution >= 0.6 is 0 Å². The van der Waals surface area contributed by atoms with E-state index in [4.69, 9.17) is 9.47 Å². The van der Waals surface area contributed by atoms with Gasteiger partial charge in [-0.1, -0.05) is 277 Å². The molecule has 1 saturated heterocycles. The molecule has 3 nitrogen and oxygen atoms in total. The van der Waals surface area contributed by atoms with Gasteiger partial charge < -0.3 is 14.6 Å². The van der Waals surface area contributed by atoms with E-state index in [-0.39, 0.29) is 6.10 Å². The Hall–Kier alpha value is -0.120. The average molecular weight is 1010 g/mol. The maximum Gasteiger partial charge on any atom is 0.0596 e. The highest BCUT2D eigenvalue weighted by Gasteiger charge is 2.45. The lowest BCUT2D eigenvalue weighted by Crippen LogP contribution is -2.47. The Balaban J connectivity index is -0.0000000550. The third-order valence-corrected chi connectivity index (χ3v) is 12.1. The maximum atomic E-state index is 9.30. The molecule has 2 aliphatic carbocycles. The van der Waals surface area contributed by atoms with Crippen LogP contribution in [0.5, 0.6) is 0 Å². The van der Waals surface area contributed by atoms with Gasteiger partial charge in [0, 0.05) is 12.5 Å². The number of hydrogen-bond acceptors (Lipinski definition) is 3. The second-order valence-electron chi connectivity index (χ2n) is 20.8. The Kier molecular flexibility index (Phi) is 103. The van der Waals surface area contributed by atoms with Gasteiger partial charge in [-0.15, -0.1) is 0 Å². The van der Waals surface area contributed by atoms with Gasteiger partial charge in [0.05, 0.1) is 25.4 Å². The molecule has 0 aromatic rings. The van der Waals surface area contributed by atoms with Crippen molar-refractivity contribution in [2.24, 2.45) is 81.8 Å². The Morgan fingerprint density at radius 2 is 0.671 bits per heavy atom. The van der Waals surface area contributed by atoms with Crippen molar-refractivity contribution in [3.05, 3.63) is 0 Å². The molecule has 0 bridgehead atoms. The molecule has 0 amide bonds.